The zero-order chi connectivity index (χ0) is 20.4. The van der Waals surface area contributed by atoms with E-state index in [-0.39, 0.29) is 0 Å². The van der Waals surface area contributed by atoms with Crippen LogP contribution in [-0.4, -0.2) is 37.2 Å². The second-order valence-electron chi connectivity index (χ2n) is 6.66. The fraction of sp³-hybridized carbons (Fsp3) is 0.217. The van der Waals surface area contributed by atoms with Crippen molar-refractivity contribution in [2.24, 2.45) is 0 Å². The lowest BCUT2D eigenvalue weighted by Gasteiger charge is -2.24. The first-order valence-electron chi connectivity index (χ1n) is 9.23. The Morgan fingerprint density at radius 1 is 0.893 bits per heavy atom. The molecule has 146 valence electrons. The van der Waals surface area contributed by atoms with Crippen LogP contribution in [0.2, 0.25) is 0 Å². The average molecular weight is 379 g/mol. The van der Waals surface area contributed by atoms with Crippen molar-refractivity contribution in [1.29, 1.82) is 0 Å². The third-order valence-corrected chi connectivity index (χ3v) is 4.55. The fourth-order valence-corrected chi connectivity index (χ4v) is 3.15. The van der Waals surface area contributed by atoms with Crippen LogP contribution in [0.15, 0.2) is 78.4 Å². The normalized spacial score (nSPS) is 16.2. The summed E-state index contributed by atoms with van der Waals surface area (Å²) in [5.41, 5.74) is 5.79. The van der Waals surface area contributed by atoms with Gasteiger partial charge in [-0.25, -0.2) is 4.79 Å². The molecule has 0 unspecified atom stereocenters. The summed E-state index contributed by atoms with van der Waals surface area (Å²) in [5.74, 6) is -2.80. The highest BCUT2D eigenvalue weighted by Gasteiger charge is 2.18. The summed E-state index contributed by atoms with van der Waals surface area (Å²) in [6.45, 7) is 2.50. The van der Waals surface area contributed by atoms with E-state index in [4.69, 9.17) is 5.11 Å². The minimum absolute atomic E-state index is 0.447. The lowest BCUT2D eigenvalue weighted by Crippen LogP contribution is -3.09. The van der Waals surface area contributed by atoms with Gasteiger partial charge in [0.2, 0.25) is 0 Å². The highest BCUT2D eigenvalue weighted by molar-refractivity contribution is 5.88. The first-order valence-corrected chi connectivity index (χ1v) is 9.23. The van der Waals surface area contributed by atoms with Crippen LogP contribution in [0, 0.1) is 0 Å². The van der Waals surface area contributed by atoms with Gasteiger partial charge >= 0.3 is 5.97 Å². The largest absolute Gasteiger partial charge is 0.545 e. The fourth-order valence-electron chi connectivity index (χ4n) is 3.15. The Morgan fingerprint density at radius 3 is 1.71 bits per heavy atom. The molecule has 1 heterocycles. The van der Waals surface area contributed by atoms with E-state index in [0.29, 0.717) is 12.2 Å². The molecule has 0 amide bonds. The topological polar surface area (TPSA) is 81.9 Å². The van der Waals surface area contributed by atoms with Crippen molar-refractivity contribution < 1.29 is 24.7 Å². The number of carbonyl (C=O) groups excluding carboxylic acids is 1. The predicted octanol–water partition coefficient (Wildman–Crippen LogP) is 1.17. The molecular weight excluding hydrogens is 354 g/mol. The van der Waals surface area contributed by atoms with Crippen molar-refractivity contribution in [2.75, 3.05) is 20.1 Å². The molecule has 5 heteroatoms. The molecule has 1 aliphatic heterocycles. The third-order valence-electron chi connectivity index (χ3n) is 4.55. The van der Waals surface area contributed by atoms with E-state index in [9.17, 15) is 14.7 Å². The Bertz CT molecular complexity index is 774. The zero-order valence-electron chi connectivity index (χ0n) is 15.9. The first-order chi connectivity index (χ1) is 13.5. The van der Waals surface area contributed by atoms with E-state index in [2.05, 4.69) is 67.7 Å². The van der Waals surface area contributed by atoms with Gasteiger partial charge in [0.1, 0.15) is 0 Å². The number of quaternary nitrogens is 1. The van der Waals surface area contributed by atoms with Crippen molar-refractivity contribution >= 4 is 17.5 Å². The van der Waals surface area contributed by atoms with Gasteiger partial charge in [-0.2, -0.15) is 0 Å². The molecule has 1 aliphatic rings. The van der Waals surface area contributed by atoms with Gasteiger partial charge in [-0.15, -0.1) is 0 Å². The van der Waals surface area contributed by atoms with E-state index in [1.54, 1.807) is 10.5 Å². The van der Waals surface area contributed by atoms with E-state index in [1.165, 1.54) is 42.6 Å². The molecule has 28 heavy (non-hydrogen) atoms. The van der Waals surface area contributed by atoms with Gasteiger partial charge < -0.3 is 19.9 Å². The third kappa shape index (κ3) is 6.85. The molecule has 0 spiro atoms. The molecular formula is C23H25NO4. The quantitative estimate of drug-likeness (QED) is 0.782. The number of carboxylic acid groups (broad SMARTS) is 2. The predicted molar refractivity (Wildman–Crippen MR) is 107 cm³/mol. The van der Waals surface area contributed by atoms with Crippen LogP contribution in [-0.2, 0) is 9.59 Å². The summed E-state index contributed by atoms with van der Waals surface area (Å²) < 4.78 is 0. The van der Waals surface area contributed by atoms with E-state index in [1.807, 2.05) is 0 Å². The van der Waals surface area contributed by atoms with E-state index in [0.717, 1.165) is 0 Å². The maximum atomic E-state index is 9.53. The molecule has 0 saturated carbocycles. The van der Waals surface area contributed by atoms with Crippen LogP contribution in [0.1, 0.15) is 24.0 Å². The molecule has 5 nitrogen and oxygen atoms in total. The smallest absolute Gasteiger partial charge is 0.328 e. The summed E-state index contributed by atoms with van der Waals surface area (Å²) in [6, 6.07) is 21.7. The number of carbonyl (C=O) groups is 2. The van der Waals surface area contributed by atoms with Crippen LogP contribution in [0.5, 0.6) is 0 Å². The van der Waals surface area contributed by atoms with Crippen molar-refractivity contribution in [3.8, 4) is 0 Å². The number of aliphatic carboxylic acids is 2. The number of piperidine rings is 1. The van der Waals surface area contributed by atoms with Crippen LogP contribution in [0.25, 0.3) is 5.57 Å². The SMILES string of the molecule is C[NH+]1CCC(=C(c2ccccc2)c2ccccc2)CC1.O=C([O-])/C=C/C(=O)O. The zero-order valence-corrected chi connectivity index (χ0v) is 15.9. The number of carboxylic acids is 2. The number of likely N-dealkylation sites (tertiary alicyclic amines) is 1. The van der Waals surface area contributed by atoms with Gasteiger partial charge in [-0.05, 0) is 22.8 Å². The Balaban J connectivity index is 0.000000300. The van der Waals surface area contributed by atoms with Gasteiger partial charge in [0.05, 0.1) is 26.1 Å². The number of rotatable bonds is 4. The summed E-state index contributed by atoms with van der Waals surface area (Å²) in [5, 5.41) is 17.2. The number of nitrogens with one attached hydrogen (secondary N) is 1. The summed E-state index contributed by atoms with van der Waals surface area (Å²) in [4.78, 5) is 20.6. The standard InChI is InChI=1S/C19H21N.C4H4O4/c1-20-14-12-18(13-15-20)19(16-8-4-2-5-9-16)17-10-6-3-7-11-17;5-3(6)1-2-4(7)8/h2-11H,12-15H2,1H3;1-2H,(H,5,6)(H,7,8)/b;2-1+. The maximum absolute atomic E-state index is 9.53. The van der Waals surface area contributed by atoms with Crippen LogP contribution >= 0.6 is 0 Å². The van der Waals surface area contributed by atoms with Gasteiger partial charge in [-0.3, -0.25) is 0 Å². The number of hydrogen-bond donors (Lipinski definition) is 2. The lowest BCUT2D eigenvalue weighted by atomic mass is 9.88. The van der Waals surface area contributed by atoms with Crippen molar-refractivity contribution in [3.05, 3.63) is 89.5 Å². The van der Waals surface area contributed by atoms with E-state index >= 15 is 0 Å². The van der Waals surface area contributed by atoms with Crippen LogP contribution in [0.3, 0.4) is 0 Å². The molecule has 2 aromatic rings. The first kappa shape index (κ1) is 21.1. The molecule has 3 rings (SSSR count). The van der Waals surface area contributed by atoms with Crippen molar-refractivity contribution in [3.63, 3.8) is 0 Å². The molecule has 0 aliphatic carbocycles. The van der Waals surface area contributed by atoms with Gasteiger partial charge in [-0.1, -0.05) is 66.2 Å². The molecule has 0 atom stereocenters. The maximum Gasteiger partial charge on any atom is 0.328 e. The van der Waals surface area contributed by atoms with Gasteiger partial charge in [0.25, 0.3) is 0 Å². The Kier molecular flexibility index (Phi) is 8.18. The minimum atomic E-state index is -1.51. The minimum Gasteiger partial charge on any atom is -0.545 e. The van der Waals surface area contributed by atoms with Crippen LogP contribution < -0.4 is 10.0 Å². The summed E-state index contributed by atoms with van der Waals surface area (Å²) in [7, 11) is 2.29. The second-order valence-corrected chi connectivity index (χ2v) is 6.66. The van der Waals surface area contributed by atoms with Crippen LogP contribution in [0.4, 0.5) is 0 Å². The second kappa shape index (κ2) is 10.8. The lowest BCUT2D eigenvalue weighted by molar-refractivity contribution is -0.882. The highest BCUT2D eigenvalue weighted by atomic mass is 16.4. The molecule has 0 radical (unpaired) electrons. The summed E-state index contributed by atoms with van der Waals surface area (Å²) in [6.07, 6.45) is 3.37. The van der Waals surface area contributed by atoms with Gasteiger partial charge in [0.15, 0.2) is 0 Å². The van der Waals surface area contributed by atoms with E-state index < -0.39 is 11.9 Å². The number of hydrogen-bond acceptors (Lipinski definition) is 3. The Hall–Kier alpha value is -3.18. The molecule has 1 saturated heterocycles. The summed E-state index contributed by atoms with van der Waals surface area (Å²) >= 11 is 0. The van der Waals surface area contributed by atoms with Crippen molar-refractivity contribution in [1.82, 2.24) is 0 Å². The Morgan fingerprint density at radius 2 is 1.36 bits per heavy atom. The molecule has 0 bridgehead atoms. The Labute approximate surface area is 165 Å². The molecule has 2 N–H and O–H groups in total. The molecule has 1 fully saturated rings. The average Bonchev–Trinajstić information content (AvgIpc) is 2.70. The highest BCUT2D eigenvalue weighted by Crippen LogP contribution is 2.30. The van der Waals surface area contributed by atoms with Gasteiger partial charge in [0, 0.05) is 18.9 Å². The molecule has 0 aromatic heterocycles. The van der Waals surface area contributed by atoms with Crippen molar-refractivity contribution in [2.45, 2.75) is 12.8 Å². The molecule has 2 aromatic carbocycles. The number of benzene rings is 2. The monoisotopic (exact) mass is 379 g/mol.